The van der Waals surface area contributed by atoms with Crippen LogP contribution in [0.1, 0.15) is 30.1 Å². The van der Waals surface area contributed by atoms with Gasteiger partial charge in [-0.25, -0.2) is 8.42 Å². The molecule has 10 heteroatoms. The van der Waals surface area contributed by atoms with Crippen molar-refractivity contribution in [3.8, 4) is 11.5 Å². The minimum atomic E-state index is -3.56. The van der Waals surface area contributed by atoms with E-state index in [0.717, 1.165) is 23.3 Å². The summed E-state index contributed by atoms with van der Waals surface area (Å²) < 4.78 is 32.7. The first-order valence-electron chi connectivity index (χ1n) is 10.3. The van der Waals surface area contributed by atoms with Crippen molar-refractivity contribution in [2.45, 2.75) is 29.6 Å². The van der Waals surface area contributed by atoms with E-state index in [1.165, 1.54) is 28.6 Å². The highest BCUT2D eigenvalue weighted by Gasteiger charge is 2.28. The number of piperidine rings is 1. The van der Waals surface area contributed by atoms with Gasteiger partial charge in [-0.1, -0.05) is 18.1 Å². The number of benzene rings is 2. The summed E-state index contributed by atoms with van der Waals surface area (Å²) in [5, 5.41) is 10.4. The fourth-order valence-electron chi connectivity index (χ4n) is 3.47. The molecule has 1 aliphatic heterocycles. The van der Waals surface area contributed by atoms with Crippen LogP contribution in [0.2, 0.25) is 0 Å². The molecular weight excluding hydrogens is 448 g/mol. The van der Waals surface area contributed by atoms with Crippen LogP contribution >= 0.6 is 11.8 Å². The lowest BCUT2D eigenvalue weighted by atomic mass is 10.0. The van der Waals surface area contributed by atoms with Gasteiger partial charge in [0.15, 0.2) is 0 Å². The molecule has 1 aromatic heterocycles. The third kappa shape index (κ3) is 4.87. The molecule has 2 heterocycles. The lowest BCUT2D eigenvalue weighted by molar-refractivity contribution is 0.102. The summed E-state index contributed by atoms with van der Waals surface area (Å²) in [5.74, 6) is 0.370. The van der Waals surface area contributed by atoms with Crippen molar-refractivity contribution in [3.63, 3.8) is 0 Å². The summed E-state index contributed by atoms with van der Waals surface area (Å²) in [6.45, 7) is 3.17. The normalized spacial score (nSPS) is 15.6. The molecule has 2 aromatic carbocycles. The Morgan fingerprint density at radius 2 is 1.84 bits per heavy atom. The quantitative estimate of drug-likeness (QED) is 0.538. The molecule has 1 aliphatic rings. The molecule has 3 aromatic rings. The van der Waals surface area contributed by atoms with Gasteiger partial charge >= 0.3 is 6.01 Å². The smallest absolute Gasteiger partial charge is 0.322 e. The Balaban J connectivity index is 1.44. The minimum absolute atomic E-state index is 0.0290. The molecule has 4 rings (SSSR count). The lowest BCUT2D eigenvalue weighted by Gasteiger charge is -2.29. The van der Waals surface area contributed by atoms with Crippen LogP contribution < -0.4 is 5.32 Å². The number of nitrogens with one attached hydrogen (secondary N) is 1. The number of rotatable bonds is 6. The molecule has 0 aliphatic carbocycles. The Labute approximate surface area is 191 Å². The van der Waals surface area contributed by atoms with Crippen LogP contribution in [0.5, 0.6) is 0 Å². The topological polar surface area (TPSA) is 105 Å². The number of aromatic nitrogens is 2. The molecule has 0 spiro atoms. The van der Waals surface area contributed by atoms with Crippen molar-refractivity contribution in [2.75, 3.05) is 24.7 Å². The second kappa shape index (κ2) is 9.43. The van der Waals surface area contributed by atoms with Gasteiger partial charge in [-0.3, -0.25) is 10.1 Å². The highest BCUT2D eigenvalue weighted by Crippen LogP contribution is 2.26. The van der Waals surface area contributed by atoms with Crippen molar-refractivity contribution >= 4 is 33.7 Å². The standard InChI is InChI=1S/C22H24N4O4S2/c1-15-10-12-26(13-11-15)32(28,29)19-8-6-16(7-9-19)20(27)23-22-25-24-21(30-22)17-4-3-5-18(14-17)31-2/h3-9,14-15H,10-13H2,1-2H3,(H,23,25,27). The number of sulfonamides is 1. The van der Waals surface area contributed by atoms with Gasteiger partial charge in [0.05, 0.1) is 4.90 Å². The largest absolute Gasteiger partial charge is 0.403 e. The molecule has 0 bridgehead atoms. The van der Waals surface area contributed by atoms with Gasteiger partial charge in [-0.15, -0.1) is 16.9 Å². The molecule has 1 saturated heterocycles. The second-order valence-electron chi connectivity index (χ2n) is 7.71. The summed E-state index contributed by atoms with van der Waals surface area (Å²) in [4.78, 5) is 13.8. The van der Waals surface area contributed by atoms with Crippen LogP contribution in [0, 0.1) is 5.92 Å². The van der Waals surface area contributed by atoms with E-state index in [1.807, 2.05) is 30.5 Å². The van der Waals surface area contributed by atoms with Crippen molar-refractivity contribution in [2.24, 2.45) is 5.92 Å². The van der Waals surface area contributed by atoms with Crippen molar-refractivity contribution in [1.29, 1.82) is 0 Å². The van der Waals surface area contributed by atoms with Crippen molar-refractivity contribution in [3.05, 3.63) is 54.1 Å². The molecular formula is C22H24N4O4S2. The fraction of sp³-hybridized carbons (Fsp3) is 0.318. The van der Waals surface area contributed by atoms with Crippen molar-refractivity contribution in [1.82, 2.24) is 14.5 Å². The Kier molecular flexibility index (Phi) is 6.63. The average Bonchev–Trinajstić information content (AvgIpc) is 3.28. The van der Waals surface area contributed by atoms with Crippen LogP contribution in [0.15, 0.2) is 62.7 Å². The molecule has 0 saturated carbocycles. The molecule has 0 unspecified atom stereocenters. The number of amides is 1. The maximum Gasteiger partial charge on any atom is 0.322 e. The monoisotopic (exact) mass is 472 g/mol. The summed E-state index contributed by atoms with van der Waals surface area (Å²) in [7, 11) is -3.56. The SMILES string of the molecule is CSc1cccc(-c2nnc(NC(=O)c3ccc(S(=O)(=O)N4CCC(C)CC4)cc3)o2)c1. The van der Waals surface area contributed by atoms with Gasteiger partial charge in [0.1, 0.15) is 0 Å². The summed E-state index contributed by atoms with van der Waals surface area (Å²) in [5.41, 5.74) is 1.05. The number of carbonyl (C=O) groups is 1. The first-order valence-corrected chi connectivity index (χ1v) is 12.9. The maximum absolute atomic E-state index is 12.8. The Hall–Kier alpha value is -2.69. The molecule has 8 nitrogen and oxygen atoms in total. The summed E-state index contributed by atoms with van der Waals surface area (Å²) in [6.07, 6.45) is 3.68. The van der Waals surface area contributed by atoms with Gasteiger partial charge in [0.25, 0.3) is 5.91 Å². The van der Waals surface area contributed by atoms with E-state index in [1.54, 1.807) is 11.8 Å². The van der Waals surface area contributed by atoms with E-state index in [-0.39, 0.29) is 10.9 Å². The minimum Gasteiger partial charge on any atom is -0.403 e. The number of hydrogen-bond donors (Lipinski definition) is 1. The van der Waals surface area contributed by atoms with E-state index >= 15 is 0 Å². The van der Waals surface area contributed by atoms with Crippen molar-refractivity contribution < 1.29 is 17.6 Å². The van der Waals surface area contributed by atoms with Gasteiger partial charge < -0.3 is 4.42 Å². The average molecular weight is 473 g/mol. The molecule has 1 N–H and O–H groups in total. The van der Waals surface area contributed by atoms with Gasteiger partial charge in [-0.05, 0) is 67.5 Å². The molecule has 168 valence electrons. The molecule has 0 atom stereocenters. The third-order valence-corrected chi connectivity index (χ3v) is 8.10. The number of anilines is 1. The predicted octanol–water partition coefficient (Wildman–Crippen LogP) is 4.13. The van der Waals surface area contributed by atoms with E-state index in [9.17, 15) is 13.2 Å². The third-order valence-electron chi connectivity index (χ3n) is 5.46. The second-order valence-corrected chi connectivity index (χ2v) is 10.5. The highest BCUT2D eigenvalue weighted by atomic mass is 32.2. The predicted molar refractivity (Wildman–Crippen MR) is 123 cm³/mol. The summed E-state index contributed by atoms with van der Waals surface area (Å²) >= 11 is 1.60. The van der Waals surface area contributed by atoms with Crippen LogP contribution in [-0.4, -0.2) is 48.2 Å². The molecule has 0 radical (unpaired) electrons. The molecule has 1 fully saturated rings. The molecule has 1 amide bonds. The van der Waals surface area contributed by atoms with E-state index in [4.69, 9.17) is 4.42 Å². The van der Waals surface area contributed by atoms with Crippen LogP contribution in [0.3, 0.4) is 0 Å². The number of thioether (sulfide) groups is 1. The Bertz CT molecular complexity index is 1200. The van der Waals surface area contributed by atoms with Gasteiger partial charge in [0.2, 0.25) is 15.9 Å². The van der Waals surface area contributed by atoms with E-state index < -0.39 is 15.9 Å². The zero-order chi connectivity index (χ0) is 22.7. The number of hydrogen-bond acceptors (Lipinski definition) is 7. The van der Waals surface area contributed by atoms with Crippen LogP contribution in [-0.2, 0) is 10.0 Å². The Morgan fingerprint density at radius 1 is 1.12 bits per heavy atom. The zero-order valence-corrected chi connectivity index (χ0v) is 19.4. The van der Waals surface area contributed by atoms with Gasteiger partial charge in [0, 0.05) is 29.1 Å². The Morgan fingerprint density at radius 3 is 2.53 bits per heavy atom. The first-order chi connectivity index (χ1) is 15.4. The molecule has 32 heavy (non-hydrogen) atoms. The van der Waals surface area contributed by atoms with E-state index in [2.05, 4.69) is 22.4 Å². The van der Waals surface area contributed by atoms with Crippen LogP contribution in [0.4, 0.5) is 6.01 Å². The lowest BCUT2D eigenvalue weighted by Crippen LogP contribution is -2.37. The first kappa shape index (κ1) is 22.5. The number of nitrogens with zero attached hydrogens (tertiary/aromatic N) is 3. The maximum atomic E-state index is 12.8. The number of carbonyl (C=O) groups excluding carboxylic acids is 1. The summed E-state index contributed by atoms with van der Waals surface area (Å²) in [6, 6.07) is 13.5. The zero-order valence-electron chi connectivity index (χ0n) is 17.8. The highest BCUT2D eigenvalue weighted by molar-refractivity contribution is 7.98. The fourth-order valence-corrected chi connectivity index (χ4v) is 5.40. The van der Waals surface area contributed by atoms with Crippen LogP contribution in [0.25, 0.3) is 11.5 Å². The van der Waals surface area contributed by atoms with E-state index in [0.29, 0.717) is 30.5 Å². The van der Waals surface area contributed by atoms with Gasteiger partial charge in [-0.2, -0.15) is 4.31 Å².